The lowest BCUT2D eigenvalue weighted by molar-refractivity contribution is 0.0475. The summed E-state index contributed by atoms with van der Waals surface area (Å²) in [6.45, 7) is 7.06. The summed E-state index contributed by atoms with van der Waals surface area (Å²) >= 11 is 7.97. The van der Waals surface area contributed by atoms with Crippen molar-refractivity contribution in [1.29, 1.82) is 0 Å². The van der Waals surface area contributed by atoms with Crippen LogP contribution in [0.2, 0.25) is 5.02 Å². The fourth-order valence-corrected chi connectivity index (χ4v) is 4.09. The monoisotopic (exact) mass is 421 g/mol. The number of nitrogens with zero attached hydrogens (tertiary/aromatic N) is 2. The predicted molar refractivity (Wildman–Crippen MR) is 115 cm³/mol. The molecule has 7 heteroatoms. The third kappa shape index (κ3) is 5.19. The zero-order valence-corrected chi connectivity index (χ0v) is 17.7. The van der Waals surface area contributed by atoms with Crippen molar-refractivity contribution >= 4 is 35.1 Å². The first kappa shape index (κ1) is 21.0. The van der Waals surface area contributed by atoms with Crippen molar-refractivity contribution in [2.75, 3.05) is 30.1 Å². The Kier molecular flexibility index (Phi) is 7.21. The van der Waals surface area contributed by atoms with E-state index in [4.69, 9.17) is 11.6 Å². The number of hydrogen-bond acceptors (Lipinski definition) is 4. The van der Waals surface area contributed by atoms with Crippen LogP contribution >= 0.6 is 23.5 Å². The van der Waals surface area contributed by atoms with E-state index in [1.807, 2.05) is 23.1 Å². The quantitative estimate of drug-likeness (QED) is 0.672. The highest BCUT2D eigenvalue weighted by atomic mass is 35.5. The molecule has 1 heterocycles. The number of hydrogen-bond donors (Lipinski definition) is 1. The van der Waals surface area contributed by atoms with Crippen LogP contribution in [0.15, 0.2) is 42.5 Å². The van der Waals surface area contributed by atoms with Gasteiger partial charge in [0, 0.05) is 43.7 Å². The zero-order chi connectivity index (χ0) is 20.1. The molecule has 0 aliphatic carbocycles. The Morgan fingerprint density at radius 3 is 2.64 bits per heavy atom. The number of halogens is 2. The second-order valence-corrected chi connectivity index (χ2v) is 8.42. The van der Waals surface area contributed by atoms with E-state index in [-0.39, 0.29) is 17.8 Å². The summed E-state index contributed by atoms with van der Waals surface area (Å²) in [6, 6.07) is 12.1. The smallest absolute Gasteiger partial charge is 0.255 e. The average molecular weight is 422 g/mol. The molecule has 0 saturated carbocycles. The maximum absolute atomic E-state index is 13.1. The second-order valence-electron chi connectivity index (χ2n) is 6.94. The first-order valence-corrected chi connectivity index (χ1v) is 10.8. The van der Waals surface area contributed by atoms with Gasteiger partial charge in [-0.3, -0.25) is 9.69 Å². The molecule has 0 radical (unpaired) electrons. The van der Waals surface area contributed by atoms with E-state index in [0.717, 1.165) is 36.6 Å². The first-order chi connectivity index (χ1) is 13.5. The van der Waals surface area contributed by atoms with Gasteiger partial charge in [0.05, 0.1) is 10.6 Å². The van der Waals surface area contributed by atoms with Gasteiger partial charge in [-0.05, 0) is 42.8 Å². The lowest BCUT2D eigenvalue weighted by atomic mass is 10.1. The van der Waals surface area contributed by atoms with Gasteiger partial charge in [-0.15, -0.1) is 0 Å². The summed E-state index contributed by atoms with van der Waals surface area (Å²) in [5, 5.41) is 0.465. The number of benzene rings is 2. The van der Waals surface area contributed by atoms with Crippen LogP contribution in [0, 0.1) is 5.82 Å². The summed E-state index contributed by atoms with van der Waals surface area (Å²) < 4.78 is 16.3. The van der Waals surface area contributed by atoms with Crippen LogP contribution in [0.25, 0.3) is 0 Å². The number of nitrogens with one attached hydrogen (secondary N) is 1. The summed E-state index contributed by atoms with van der Waals surface area (Å²) in [6.07, 6.45) is 0. The standard InChI is InChI=1S/C21H25ClFN3OS/c1-3-28-24-18-8-9-19(20(22)12-18)21(27)26-11-10-25(13-15(26)2)14-16-4-6-17(23)7-5-16/h4-9,12,15,24H,3,10-11,13-14H2,1-2H3/t15-/m0/s1. The molecular formula is C21H25ClFN3OS. The molecule has 1 N–H and O–H groups in total. The highest BCUT2D eigenvalue weighted by Gasteiger charge is 2.29. The highest BCUT2D eigenvalue weighted by molar-refractivity contribution is 8.00. The van der Waals surface area contributed by atoms with E-state index >= 15 is 0 Å². The van der Waals surface area contributed by atoms with Crippen LogP contribution in [0.5, 0.6) is 0 Å². The van der Waals surface area contributed by atoms with Crippen LogP contribution in [-0.2, 0) is 6.54 Å². The Balaban J connectivity index is 1.62. The van der Waals surface area contributed by atoms with Crippen molar-refractivity contribution in [3.8, 4) is 0 Å². The number of piperazine rings is 1. The van der Waals surface area contributed by atoms with Gasteiger partial charge in [-0.2, -0.15) is 0 Å². The number of rotatable bonds is 6. The Labute approximate surface area is 175 Å². The molecule has 2 aromatic carbocycles. The molecule has 1 amide bonds. The van der Waals surface area contributed by atoms with Crippen molar-refractivity contribution < 1.29 is 9.18 Å². The van der Waals surface area contributed by atoms with Gasteiger partial charge in [0.1, 0.15) is 5.82 Å². The van der Waals surface area contributed by atoms with Crippen LogP contribution in [-0.4, -0.2) is 47.1 Å². The molecule has 4 nitrogen and oxygen atoms in total. The van der Waals surface area contributed by atoms with Gasteiger partial charge in [-0.25, -0.2) is 4.39 Å². The molecule has 2 aromatic rings. The highest BCUT2D eigenvalue weighted by Crippen LogP contribution is 2.25. The van der Waals surface area contributed by atoms with Crippen molar-refractivity contribution in [3.05, 3.63) is 64.4 Å². The van der Waals surface area contributed by atoms with Crippen molar-refractivity contribution in [2.24, 2.45) is 0 Å². The normalized spacial score (nSPS) is 17.6. The molecule has 0 unspecified atom stereocenters. The van der Waals surface area contributed by atoms with Gasteiger partial charge >= 0.3 is 0 Å². The van der Waals surface area contributed by atoms with Crippen LogP contribution < -0.4 is 4.72 Å². The van der Waals surface area contributed by atoms with Crippen molar-refractivity contribution in [1.82, 2.24) is 9.80 Å². The molecule has 1 saturated heterocycles. The average Bonchev–Trinajstić information content (AvgIpc) is 2.68. The molecule has 28 heavy (non-hydrogen) atoms. The number of anilines is 1. The van der Waals surface area contributed by atoms with Gasteiger partial charge in [0.25, 0.3) is 5.91 Å². The topological polar surface area (TPSA) is 35.6 Å². The fourth-order valence-electron chi connectivity index (χ4n) is 3.39. The van der Waals surface area contributed by atoms with Crippen LogP contribution in [0.3, 0.4) is 0 Å². The van der Waals surface area contributed by atoms with Gasteiger partial charge in [0.2, 0.25) is 0 Å². The molecule has 1 aliphatic heterocycles. The third-order valence-electron chi connectivity index (χ3n) is 4.83. The van der Waals surface area contributed by atoms with E-state index in [1.54, 1.807) is 24.1 Å². The SMILES string of the molecule is CCSNc1ccc(C(=O)N2CCN(Cc3ccc(F)cc3)C[C@@H]2C)c(Cl)c1. The maximum Gasteiger partial charge on any atom is 0.255 e. The lowest BCUT2D eigenvalue weighted by Gasteiger charge is -2.40. The zero-order valence-electron chi connectivity index (χ0n) is 16.1. The molecule has 1 aliphatic rings. The maximum atomic E-state index is 13.1. The molecule has 150 valence electrons. The largest absolute Gasteiger partial charge is 0.333 e. The molecule has 0 aromatic heterocycles. The van der Waals surface area contributed by atoms with Crippen molar-refractivity contribution in [2.45, 2.75) is 26.4 Å². The van der Waals surface area contributed by atoms with E-state index in [0.29, 0.717) is 17.1 Å². The van der Waals surface area contributed by atoms with E-state index in [2.05, 4.69) is 23.5 Å². The number of carbonyl (C=O) groups is 1. The summed E-state index contributed by atoms with van der Waals surface area (Å²) in [5.74, 6) is 0.686. The van der Waals surface area contributed by atoms with Crippen LogP contribution in [0.1, 0.15) is 29.8 Å². The fraction of sp³-hybridized carbons (Fsp3) is 0.381. The molecule has 0 spiro atoms. The molecule has 1 atom stereocenters. The van der Waals surface area contributed by atoms with Crippen molar-refractivity contribution in [3.63, 3.8) is 0 Å². The van der Waals surface area contributed by atoms with E-state index in [9.17, 15) is 9.18 Å². The van der Waals surface area contributed by atoms with E-state index < -0.39 is 0 Å². The Morgan fingerprint density at radius 1 is 1.25 bits per heavy atom. The minimum atomic E-state index is -0.223. The van der Waals surface area contributed by atoms with Gasteiger partial charge in [-0.1, -0.05) is 42.6 Å². The minimum absolute atomic E-state index is 0.0337. The van der Waals surface area contributed by atoms with E-state index in [1.165, 1.54) is 12.1 Å². The second kappa shape index (κ2) is 9.63. The molecule has 0 bridgehead atoms. The molecule has 1 fully saturated rings. The third-order valence-corrected chi connectivity index (χ3v) is 5.81. The molecule has 3 rings (SSSR count). The Bertz CT molecular complexity index is 818. The Morgan fingerprint density at radius 2 is 2.00 bits per heavy atom. The number of carbonyl (C=O) groups excluding carboxylic acids is 1. The van der Waals surface area contributed by atoms with Crippen LogP contribution in [0.4, 0.5) is 10.1 Å². The number of amides is 1. The minimum Gasteiger partial charge on any atom is -0.333 e. The first-order valence-electron chi connectivity index (χ1n) is 9.43. The predicted octanol–water partition coefficient (Wildman–Crippen LogP) is 4.91. The lowest BCUT2D eigenvalue weighted by Crippen LogP contribution is -2.53. The van der Waals surface area contributed by atoms with Gasteiger partial charge in [0.15, 0.2) is 0 Å². The van der Waals surface area contributed by atoms with Gasteiger partial charge < -0.3 is 9.62 Å². The summed E-state index contributed by atoms with van der Waals surface area (Å²) in [4.78, 5) is 17.2. The summed E-state index contributed by atoms with van der Waals surface area (Å²) in [5.41, 5.74) is 2.50. The summed E-state index contributed by atoms with van der Waals surface area (Å²) in [7, 11) is 0. The Hall–Kier alpha value is -1.76. The molecular weight excluding hydrogens is 397 g/mol.